The zero-order valence-electron chi connectivity index (χ0n) is 39.7. The lowest BCUT2D eigenvalue weighted by molar-refractivity contribution is -0.166. The van der Waals surface area contributed by atoms with Crippen molar-refractivity contribution in [3.05, 3.63) is 48.6 Å². The number of rotatable bonds is 46. The van der Waals surface area contributed by atoms with Gasteiger partial charge in [-0.2, -0.15) is 0 Å². The minimum atomic E-state index is -0.805. The molecule has 0 N–H and O–H groups in total. The monoisotopic (exact) mass is 841 g/mol. The summed E-state index contributed by atoms with van der Waals surface area (Å²) in [6.07, 6.45) is 58.3. The van der Waals surface area contributed by atoms with Gasteiger partial charge in [-0.15, -0.1) is 0 Å². The second kappa shape index (κ2) is 49.0. The molecule has 1 atom stereocenters. The highest BCUT2D eigenvalue weighted by Crippen LogP contribution is 2.16. The molecule has 0 amide bonds. The Kier molecular flexibility index (Phi) is 46.9. The molecule has 0 radical (unpaired) electrons. The molecule has 0 aliphatic heterocycles. The van der Waals surface area contributed by atoms with Crippen LogP contribution in [0.5, 0.6) is 0 Å². The normalized spacial score (nSPS) is 12.4. The van der Waals surface area contributed by atoms with E-state index in [1.165, 1.54) is 148 Å². The van der Waals surface area contributed by atoms with Crippen LogP contribution in [-0.4, -0.2) is 37.2 Å². The van der Waals surface area contributed by atoms with Crippen LogP contribution in [0.25, 0.3) is 0 Å². The standard InChI is InChI=1S/C54H96O6/c1-4-7-10-13-16-19-22-24-25-26-27-28-29-31-32-35-38-41-44-47-53(56)59-50-51(49-58-52(55)46-43-40-37-34-21-18-15-12-9-6-3)60-54(57)48-45-42-39-36-33-30-23-20-17-14-11-8-5-2/h8,11,17,20,30,33,39,42,51H,4-7,9-10,12-16,18-19,21-29,31-32,34-38,40-41,43-50H2,1-3H3/b11-8-,20-17-,33-30-,42-39-. The summed E-state index contributed by atoms with van der Waals surface area (Å²) in [7, 11) is 0. The zero-order chi connectivity index (χ0) is 43.7. The van der Waals surface area contributed by atoms with Gasteiger partial charge >= 0.3 is 17.9 Å². The summed E-state index contributed by atoms with van der Waals surface area (Å²) in [5.74, 6) is -0.974. The van der Waals surface area contributed by atoms with Crippen molar-refractivity contribution in [1.82, 2.24) is 0 Å². The van der Waals surface area contributed by atoms with Crippen LogP contribution >= 0.6 is 0 Å². The van der Waals surface area contributed by atoms with Gasteiger partial charge in [0.05, 0.1) is 0 Å². The third kappa shape index (κ3) is 46.4. The summed E-state index contributed by atoms with van der Waals surface area (Å²) in [4.78, 5) is 37.8. The number of hydrogen-bond donors (Lipinski definition) is 0. The fraction of sp³-hybridized carbons (Fsp3) is 0.796. The van der Waals surface area contributed by atoms with E-state index < -0.39 is 6.10 Å². The maximum absolute atomic E-state index is 12.7. The quantitative estimate of drug-likeness (QED) is 0.0263. The Morgan fingerprint density at radius 1 is 0.350 bits per heavy atom. The Labute approximate surface area is 371 Å². The predicted octanol–water partition coefficient (Wildman–Crippen LogP) is 16.7. The number of carbonyl (C=O) groups is 3. The van der Waals surface area contributed by atoms with E-state index >= 15 is 0 Å². The molecule has 0 aliphatic carbocycles. The molecule has 0 aromatic carbocycles. The predicted molar refractivity (Wildman–Crippen MR) is 256 cm³/mol. The molecular formula is C54H96O6. The molecule has 0 saturated carbocycles. The summed E-state index contributed by atoms with van der Waals surface area (Å²) in [5, 5.41) is 0. The van der Waals surface area contributed by atoms with Gasteiger partial charge in [0.2, 0.25) is 0 Å². The molecule has 0 heterocycles. The first-order chi connectivity index (χ1) is 29.5. The second-order valence-corrected chi connectivity index (χ2v) is 17.1. The van der Waals surface area contributed by atoms with Gasteiger partial charge in [-0.05, 0) is 44.9 Å². The third-order valence-electron chi connectivity index (χ3n) is 11.1. The number of esters is 3. The van der Waals surface area contributed by atoms with E-state index in [-0.39, 0.29) is 37.5 Å². The van der Waals surface area contributed by atoms with Crippen molar-refractivity contribution in [2.24, 2.45) is 0 Å². The number of carbonyl (C=O) groups excluding carboxylic acids is 3. The molecule has 0 spiro atoms. The first-order valence-corrected chi connectivity index (χ1v) is 25.6. The van der Waals surface area contributed by atoms with E-state index in [1.54, 1.807) is 0 Å². The highest BCUT2D eigenvalue weighted by molar-refractivity contribution is 5.71. The lowest BCUT2D eigenvalue weighted by Gasteiger charge is -2.18. The van der Waals surface area contributed by atoms with Crippen molar-refractivity contribution < 1.29 is 28.6 Å². The first-order valence-electron chi connectivity index (χ1n) is 25.6. The van der Waals surface area contributed by atoms with Gasteiger partial charge in [-0.3, -0.25) is 14.4 Å². The SMILES string of the molecule is CC/C=C\C/C=C\C/C=C\C/C=C\CCC(=O)OC(COC(=O)CCCCCCCCCCCC)COC(=O)CCCCCCCCCCCCCCCCCCCCC. The molecular weight excluding hydrogens is 745 g/mol. The van der Waals surface area contributed by atoms with Gasteiger partial charge in [-0.1, -0.05) is 243 Å². The number of allylic oxidation sites excluding steroid dienone is 8. The Morgan fingerprint density at radius 3 is 0.983 bits per heavy atom. The molecule has 0 aromatic rings. The number of ether oxygens (including phenoxy) is 3. The summed E-state index contributed by atoms with van der Waals surface area (Å²) < 4.78 is 16.7. The van der Waals surface area contributed by atoms with E-state index in [0.717, 1.165) is 64.2 Å². The Balaban J connectivity index is 4.34. The average molecular weight is 841 g/mol. The van der Waals surface area contributed by atoms with E-state index in [4.69, 9.17) is 14.2 Å². The van der Waals surface area contributed by atoms with Crippen molar-refractivity contribution in [2.45, 2.75) is 264 Å². The van der Waals surface area contributed by atoms with Gasteiger partial charge in [0.25, 0.3) is 0 Å². The van der Waals surface area contributed by atoms with Crippen LogP contribution in [0, 0.1) is 0 Å². The lowest BCUT2D eigenvalue weighted by atomic mass is 10.0. The highest BCUT2D eigenvalue weighted by Gasteiger charge is 2.19. The van der Waals surface area contributed by atoms with Gasteiger partial charge in [0, 0.05) is 19.3 Å². The van der Waals surface area contributed by atoms with Gasteiger partial charge in [0.15, 0.2) is 6.10 Å². The second-order valence-electron chi connectivity index (χ2n) is 17.1. The van der Waals surface area contributed by atoms with Crippen molar-refractivity contribution in [3.8, 4) is 0 Å². The van der Waals surface area contributed by atoms with Crippen LogP contribution in [0.3, 0.4) is 0 Å². The Hall–Kier alpha value is -2.63. The molecule has 0 aromatic heterocycles. The molecule has 1 unspecified atom stereocenters. The lowest BCUT2D eigenvalue weighted by Crippen LogP contribution is -2.30. The maximum Gasteiger partial charge on any atom is 0.306 e. The fourth-order valence-corrected chi connectivity index (χ4v) is 7.28. The van der Waals surface area contributed by atoms with Crippen LogP contribution in [0.15, 0.2) is 48.6 Å². The highest BCUT2D eigenvalue weighted by atomic mass is 16.6. The minimum Gasteiger partial charge on any atom is -0.462 e. The molecule has 6 nitrogen and oxygen atoms in total. The van der Waals surface area contributed by atoms with Crippen molar-refractivity contribution in [3.63, 3.8) is 0 Å². The Morgan fingerprint density at radius 2 is 0.650 bits per heavy atom. The van der Waals surface area contributed by atoms with Crippen LogP contribution in [0.4, 0.5) is 0 Å². The van der Waals surface area contributed by atoms with Gasteiger partial charge in [-0.25, -0.2) is 0 Å². The van der Waals surface area contributed by atoms with Crippen LogP contribution in [0.1, 0.15) is 258 Å². The van der Waals surface area contributed by atoms with E-state index in [2.05, 4.69) is 57.2 Å². The molecule has 0 fully saturated rings. The molecule has 60 heavy (non-hydrogen) atoms. The molecule has 0 saturated heterocycles. The number of hydrogen-bond acceptors (Lipinski definition) is 6. The van der Waals surface area contributed by atoms with E-state index in [1.807, 2.05) is 12.2 Å². The third-order valence-corrected chi connectivity index (χ3v) is 11.1. The van der Waals surface area contributed by atoms with Gasteiger partial charge < -0.3 is 14.2 Å². The van der Waals surface area contributed by atoms with Crippen molar-refractivity contribution in [1.29, 1.82) is 0 Å². The van der Waals surface area contributed by atoms with E-state index in [0.29, 0.717) is 19.3 Å². The average Bonchev–Trinajstić information content (AvgIpc) is 3.24. The Bertz CT molecular complexity index is 1060. The largest absolute Gasteiger partial charge is 0.462 e. The zero-order valence-corrected chi connectivity index (χ0v) is 39.7. The maximum atomic E-state index is 12.7. The summed E-state index contributed by atoms with van der Waals surface area (Å²) in [5.41, 5.74) is 0. The summed E-state index contributed by atoms with van der Waals surface area (Å²) in [6, 6.07) is 0. The van der Waals surface area contributed by atoms with Crippen LogP contribution in [0.2, 0.25) is 0 Å². The smallest absolute Gasteiger partial charge is 0.306 e. The van der Waals surface area contributed by atoms with Crippen LogP contribution in [-0.2, 0) is 28.6 Å². The summed E-state index contributed by atoms with van der Waals surface area (Å²) in [6.45, 7) is 6.47. The van der Waals surface area contributed by atoms with Crippen LogP contribution < -0.4 is 0 Å². The van der Waals surface area contributed by atoms with E-state index in [9.17, 15) is 14.4 Å². The van der Waals surface area contributed by atoms with Gasteiger partial charge in [0.1, 0.15) is 13.2 Å². The molecule has 6 heteroatoms. The van der Waals surface area contributed by atoms with Crippen molar-refractivity contribution in [2.75, 3.05) is 13.2 Å². The molecule has 348 valence electrons. The fourth-order valence-electron chi connectivity index (χ4n) is 7.28. The number of unbranched alkanes of at least 4 members (excludes halogenated alkanes) is 27. The summed E-state index contributed by atoms with van der Waals surface area (Å²) >= 11 is 0. The molecule has 0 aliphatic rings. The van der Waals surface area contributed by atoms with Crippen molar-refractivity contribution >= 4 is 17.9 Å². The molecule has 0 bridgehead atoms. The molecule has 0 rings (SSSR count). The first kappa shape index (κ1) is 57.4. The topological polar surface area (TPSA) is 78.9 Å². The minimum absolute atomic E-state index is 0.0980.